The van der Waals surface area contributed by atoms with Crippen molar-refractivity contribution in [2.24, 2.45) is 56.7 Å². The normalized spacial score (nSPS) is 52.5. The van der Waals surface area contributed by atoms with Gasteiger partial charge in [0.1, 0.15) is 0 Å². The second-order valence-electron chi connectivity index (χ2n) is 14.2. The molecule has 0 aliphatic heterocycles. The van der Waals surface area contributed by atoms with Gasteiger partial charge in [0, 0.05) is 0 Å². The molecule has 3 fully saturated rings. The highest BCUT2D eigenvalue weighted by molar-refractivity contribution is 5.78. The first-order valence-electron chi connectivity index (χ1n) is 13.8. The number of hydrogen-bond donors (Lipinski definition) is 0. The van der Waals surface area contributed by atoms with Crippen LogP contribution in [0.3, 0.4) is 0 Å². The van der Waals surface area contributed by atoms with Crippen LogP contribution in [0.2, 0.25) is 0 Å². The molecule has 0 heterocycles. The van der Waals surface area contributed by atoms with E-state index in [4.69, 9.17) is 4.74 Å². The zero-order valence-corrected chi connectivity index (χ0v) is 22.6. The summed E-state index contributed by atoms with van der Waals surface area (Å²) in [6.45, 7) is 17.7. The van der Waals surface area contributed by atoms with Crippen molar-refractivity contribution in [2.75, 3.05) is 7.11 Å². The Balaban J connectivity index is 1.63. The third kappa shape index (κ3) is 2.82. The average molecular weight is 453 g/mol. The largest absolute Gasteiger partial charge is 0.469 e. The lowest BCUT2D eigenvalue weighted by molar-refractivity contribution is -0.182. The fourth-order valence-electron chi connectivity index (χ4n) is 10.7. The third-order valence-corrected chi connectivity index (χ3v) is 12.9. The van der Waals surface area contributed by atoms with Crippen LogP contribution in [0.5, 0.6) is 0 Å². The summed E-state index contributed by atoms with van der Waals surface area (Å²) in [6, 6.07) is 0. The van der Waals surface area contributed by atoms with Crippen molar-refractivity contribution < 1.29 is 9.53 Å². The minimum absolute atomic E-state index is 0.0660. The predicted octanol–water partition coefficient (Wildman–Crippen LogP) is 7.98. The fourth-order valence-corrected chi connectivity index (χ4v) is 10.7. The second-order valence-corrected chi connectivity index (χ2v) is 14.2. The summed E-state index contributed by atoms with van der Waals surface area (Å²) in [4.78, 5) is 13.4. The maximum absolute atomic E-state index is 13.4. The molecular weight excluding hydrogens is 404 g/mol. The van der Waals surface area contributed by atoms with Gasteiger partial charge in [0.25, 0.3) is 0 Å². The molecule has 9 atom stereocenters. The molecule has 0 aromatic rings. The van der Waals surface area contributed by atoms with Crippen LogP contribution < -0.4 is 0 Å². The van der Waals surface area contributed by atoms with Crippen molar-refractivity contribution in [3.63, 3.8) is 0 Å². The highest BCUT2D eigenvalue weighted by Crippen LogP contribution is 2.75. The van der Waals surface area contributed by atoms with Gasteiger partial charge in [0.2, 0.25) is 0 Å². The van der Waals surface area contributed by atoms with Gasteiger partial charge in [0.05, 0.1) is 12.5 Å². The van der Waals surface area contributed by atoms with Gasteiger partial charge in [-0.15, -0.1) is 0 Å². The van der Waals surface area contributed by atoms with Gasteiger partial charge in [-0.2, -0.15) is 0 Å². The average Bonchev–Trinajstić information content (AvgIpc) is 2.75. The quantitative estimate of drug-likeness (QED) is 0.298. The third-order valence-electron chi connectivity index (χ3n) is 12.9. The number of rotatable bonds is 1. The van der Waals surface area contributed by atoms with Crippen LogP contribution in [-0.4, -0.2) is 13.1 Å². The number of ether oxygens (including phenoxy) is 1. The van der Waals surface area contributed by atoms with E-state index in [0.717, 1.165) is 31.6 Å². The highest BCUT2D eigenvalue weighted by atomic mass is 16.5. The van der Waals surface area contributed by atoms with E-state index in [1.165, 1.54) is 25.7 Å². The van der Waals surface area contributed by atoms with Crippen molar-refractivity contribution >= 4 is 5.97 Å². The summed E-state index contributed by atoms with van der Waals surface area (Å²) < 4.78 is 5.51. The Hall–Kier alpha value is -1.05. The van der Waals surface area contributed by atoms with E-state index >= 15 is 0 Å². The zero-order valence-electron chi connectivity index (χ0n) is 22.6. The molecule has 2 nitrogen and oxygen atoms in total. The predicted molar refractivity (Wildman–Crippen MR) is 136 cm³/mol. The van der Waals surface area contributed by atoms with Crippen LogP contribution in [0.1, 0.15) is 99.8 Å². The van der Waals surface area contributed by atoms with Crippen LogP contribution in [0.4, 0.5) is 0 Å². The van der Waals surface area contributed by atoms with Crippen LogP contribution >= 0.6 is 0 Å². The number of fused-ring (bicyclic) bond motifs is 7. The van der Waals surface area contributed by atoms with Gasteiger partial charge in [-0.25, -0.2) is 0 Å². The van der Waals surface area contributed by atoms with Crippen LogP contribution in [0.15, 0.2) is 23.8 Å². The lowest BCUT2D eigenvalue weighted by atomic mass is 9.34. The minimum Gasteiger partial charge on any atom is -0.469 e. The first-order chi connectivity index (χ1) is 15.4. The molecule has 0 amide bonds. The van der Waals surface area contributed by atoms with Gasteiger partial charge < -0.3 is 4.74 Å². The number of hydrogen-bond acceptors (Lipinski definition) is 2. The van der Waals surface area contributed by atoms with Crippen molar-refractivity contribution in [3.8, 4) is 0 Å². The molecule has 5 rings (SSSR count). The standard InChI is InChI=1S/C31H48O2/c1-20-12-17-31(26(32)33-8)19-18-29(6)22(25(31)21(20)2)10-11-24-28(5)15-9-14-27(3,4)23(28)13-16-30(24,29)7/h9-10,14,20-21,23-25H,11-13,15-19H2,1-8H3/t20-,21+,23+,24-,25+,28+,29-,30-,31+/m1/s1. The Morgan fingerprint density at radius 1 is 0.970 bits per heavy atom. The van der Waals surface area contributed by atoms with Crippen molar-refractivity contribution in [1.82, 2.24) is 0 Å². The zero-order chi connectivity index (χ0) is 24.0. The van der Waals surface area contributed by atoms with E-state index in [-0.39, 0.29) is 16.8 Å². The number of esters is 1. The molecule has 0 saturated heterocycles. The van der Waals surface area contributed by atoms with Gasteiger partial charge in [-0.05, 0) is 103 Å². The summed E-state index contributed by atoms with van der Waals surface area (Å²) in [5.41, 5.74) is 2.48. The molecule has 0 unspecified atom stereocenters. The van der Waals surface area contributed by atoms with E-state index in [2.05, 4.69) is 66.7 Å². The summed E-state index contributed by atoms with van der Waals surface area (Å²) >= 11 is 0. The summed E-state index contributed by atoms with van der Waals surface area (Å²) in [6.07, 6.45) is 17.0. The molecule has 0 aromatic heterocycles. The van der Waals surface area contributed by atoms with E-state index in [9.17, 15) is 4.79 Å². The maximum Gasteiger partial charge on any atom is 0.312 e. The Kier molecular flexibility index (Phi) is 5.19. The van der Waals surface area contributed by atoms with E-state index in [1.54, 1.807) is 12.7 Å². The Morgan fingerprint density at radius 2 is 1.70 bits per heavy atom. The summed E-state index contributed by atoms with van der Waals surface area (Å²) in [7, 11) is 1.61. The van der Waals surface area contributed by atoms with Crippen molar-refractivity contribution in [1.29, 1.82) is 0 Å². The molecule has 184 valence electrons. The van der Waals surface area contributed by atoms with E-state index < -0.39 is 0 Å². The van der Waals surface area contributed by atoms with E-state index in [0.29, 0.717) is 39.9 Å². The Labute approximate surface area is 203 Å². The number of carbonyl (C=O) groups is 1. The summed E-state index contributed by atoms with van der Waals surface area (Å²) in [5, 5.41) is 0. The first kappa shape index (κ1) is 23.7. The van der Waals surface area contributed by atoms with Gasteiger partial charge in [-0.1, -0.05) is 72.3 Å². The van der Waals surface area contributed by atoms with Crippen molar-refractivity contribution in [2.45, 2.75) is 99.8 Å². The lowest BCUT2D eigenvalue weighted by Crippen LogP contribution is -2.64. The number of allylic oxidation sites excluding steroid dienone is 4. The Morgan fingerprint density at radius 3 is 2.39 bits per heavy atom. The number of methoxy groups -OCH3 is 1. The molecule has 0 aromatic carbocycles. The summed E-state index contributed by atoms with van der Waals surface area (Å²) in [5.74, 6) is 3.09. The SMILES string of the molecule is COC(=O)[C@]12CC[C@@H](C)[C@H](C)[C@H]1C1=CC[C@@H]3[C@@]4(C)CC=CC(C)(C)[C@@H]4CC[C@@]3(C)[C@]1(C)CC2. The molecule has 3 saturated carbocycles. The van der Waals surface area contributed by atoms with Crippen LogP contribution in [0, 0.1) is 56.7 Å². The molecule has 5 aliphatic carbocycles. The van der Waals surface area contributed by atoms with Crippen LogP contribution in [-0.2, 0) is 9.53 Å². The Bertz CT molecular complexity index is 897. The van der Waals surface area contributed by atoms with Gasteiger partial charge in [-0.3, -0.25) is 4.79 Å². The smallest absolute Gasteiger partial charge is 0.312 e. The molecular formula is C31H48O2. The first-order valence-corrected chi connectivity index (χ1v) is 13.8. The molecule has 33 heavy (non-hydrogen) atoms. The lowest BCUT2D eigenvalue weighted by Gasteiger charge is -2.70. The maximum atomic E-state index is 13.4. The molecule has 0 bridgehead atoms. The van der Waals surface area contributed by atoms with Crippen LogP contribution in [0.25, 0.3) is 0 Å². The highest BCUT2D eigenvalue weighted by Gasteiger charge is 2.68. The fraction of sp³-hybridized carbons (Fsp3) is 0.839. The minimum atomic E-state index is -0.300. The molecule has 5 aliphatic rings. The second kappa shape index (κ2) is 7.23. The van der Waals surface area contributed by atoms with E-state index in [1.807, 2.05) is 0 Å². The number of carbonyl (C=O) groups excluding carboxylic acids is 1. The van der Waals surface area contributed by atoms with Gasteiger partial charge in [0.15, 0.2) is 0 Å². The monoisotopic (exact) mass is 452 g/mol. The van der Waals surface area contributed by atoms with Crippen molar-refractivity contribution in [3.05, 3.63) is 23.8 Å². The molecule has 2 heteroatoms. The molecule has 0 radical (unpaired) electrons. The molecule has 0 spiro atoms. The van der Waals surface area contributed by atoms with Gasteiger partial charge >= 0.3 is 5.97 Å². The molecule has 0 N–H and O–H groups in total. The topological polar surface area (TPSA) is 26.3 Å².